The smallest absolute Gasteiger partial charge is 0.322 e. The third kappa shape index (κ3) is 3.30. The standard InChI is InChI=1S/C23H20N4O4/c1-23(21(29)25-22(30)26-23)16-7-4-6-14(12-16)19-24-20(31-27-19)15-9-10-17-13(11-15)5-2-3-8-18(17)28/h4,6-7,9-12H,2-3,5,8H2,1H3,(H2,25,26,29,30). The predicted molar refractivity (Wildman–Crippen MR) is 111 cm³/mol. The largest absolute Gasteiger partial charge is 0.334 e. The summed E-state index contributed by atoms with van der Waals surface area (Å²) < 4.78 is 5.49. The molecule has 1 aliphatic heterocycles. The maximum atomic E-state index is 12.2. The fourth-order valence-electron chi connectivity index (χ4n) is 4.12. The van der Waals surface area contributed by atoms with Crippen LogP contribution in [0, 0.1) is 0 Å². The first-order chi connectivity index (χ1) is 14.9. The lowest BCUT2D eigenvalue weighted by Gasteiger charge is -2.21. The summed E-state index contributed by atoms with van der Waals surface area (Å²) in [6.45, 7) is 1.64. The van der Waals surface area contributed by atoms with Crippen LogP contribution in [0.5, 0.6) is 0 Å². The quantitative estimate of drug-likeness (QED) is 0.500. The molecule has 2 N–H and O–H groups in total. The summed E-state index contributed by atoms with van der Waals surface area (Å²) in [5, 5.41) is 9.00. The third-order valence-electron chi connectivity index (χ3n) is 5.92. The van der Waals surface area contributed by atoms with E-state index in [1.54, 1.807) is 25.1 Å². The Hall–Kier alpha value is -3.81. The lowest BCUT2D eigenvalue weighted by Crippen LogP contribution is -2.40. The van der Waals surface area contributed by atoms with Crippen LogP contribution in [-0.2, 0) is 16.8 Å². The number of hydrogen-bond donors (Lipinski definition) is 2. The molecule has 2 aliphatic rings. The van der Waals surface area contributed by atoms with Gasteiger partial charge in [-0.25, -0.2) is 4.79 Å². The molecular weight excluding hydrogens is 396 g/mol. The van der Waals surface area contributed by atoms with Gasteiger partial charge in [0.05, 0.1) is 0 Å². The van der Waals surface area contributed by atoms with Gasteiger partial charge in [-0.15, -0.1) is 0 Å². The zero-order chi connectivity index (χ0) is 21.6. The second-order valence-electron chi connectivity index (χ2n) is 8.04. The van der Waals surface area contributed by atoms with Crippen LogP contribution >= 0.6 is 0 Å². The second-order valence-corrected chi connectivity index (χ2v) is 8.04. The van der Waals surface area contributed by atoms with Gasteiger partial charge in [-0.1, -0.05) is 29.4 Å². The highest BCUT2D eigenvalue weighted by atomic mass is 16.5. The van der Waals surface area contributed by atoms with Gasteiger partial charge in [0.2, 0.25) is 5.82 Å². The monoisotopic (exact) mass is 416 g/mol. The zero-order valence-corrected chi connectivity index (χ0v) is 16.9. The molecule has 3 amide bonds. The molecule has 156 valence electrons. The number of nitrogens with zero attached hydrogens (tertiary/aromatic N) is 2. The van der Waals surface area contributed by atoms with Crippen LogP contribution in [0.25, 0.3) is 22.8 Å². The van der Waals surface area contributed by atoms with E-state index in [0.717, 1.165) is 36.0 Å². The summed E-state index contributed by atoms with van der Waals surface area (Å²) in [6, 6.07) is 12.2. The molecule has 1 unspecified atom stereocenters. The van der Waals surface area contributed by atoms with E-state index < -0.39 is 17.5 Å². The maximum absolute atomic E-state index is 12.2. The summed E-state index contributed by atoms with van der Waals surface area (Å²) in [6.07, 6.45) is 3.32. The van der Waals surface area contributed by atoms with Gasteiger partial charge in [0.25, 0.3) is 11.8 Å². The molecule has 1 atom stereocenters. The van der Waals surface area contributed by atoms with Crippen LogP contribution < -0.4 is 10.6 Å². The number of rotatable bonds is 3. The molecule has 1 fully saturated rings. The first-order valence-corrected chi connectivity index (χ1v) is 10.2. The third-order valence-corrected chi connectivity index (χ3v) is 5.92. The minimum Gasteiger partial charge on any atom is -0.334 e. The highest BCUT2D eigenvalue weighted by Gasteiger charge is 2.43. The van der Waals surface area contributed by atoms with Crippen molar-refractivity contribution in [2.24, 2.45) is 0 Å². The Morgan fingerprint density at radius 1 is 1.00 bits per heavy atom. The number of nitrogens with one attached hydrogen (secondary N) is 2. The number of carbonyl (C=O) groups excluding carboxylic acids is 3. The van der Waals surface area contributed by atoms with Crippen LogP contribution in [0.2, 0.25) is 0 Å². The van der Waals surface area contributed by atoms with Crippen molar-refractivity contribution >= 4 is 17.7 Å². The van der Waals surface area contributed by atoms with Crippen LogP contribution in [0.4, 0.5) is 4.79 Å². The lowest BCUT2D eigenvalue weighted by molar-refractivity contribution is -0.123. The van der Waals surface area contributed by atoms with E-state index in [2.05, 4.69) is 20.8 Å². The van der Waals surface area contributed by atoms with Crippen molar-refractivity contribution in [2.75, 3.05) is 0 Å². The number of carbonyl (C=O) groups is 3. The van der Waals surface area contributed by atoms with Crippen LogP contribution in [0.15, 0.2) is 47.0 Å². The molecule has 1 aliphatic carbocycles. The predicted octanol–water partition coefficient (Wildman–Crippen LogP) is 3.37. The number of ketones is 1. The molecule has 31 heavy (non-hydrogen) atoms. The molecular formula is C23H20N4O4. The highest BCUT2D eigenvalue weighted by Crippen LogP contribution is 2.30. The van der Waals surface area contributed by atoms with E-state index in [4.69, 9.17) is 4.52 Å². The van der Waals surface area contributed by atoms with Crippen molar-refractivity contribution in [3.8, 4) is 22.8 Å². The van der Waals surface area contributed by atoms with Crippen molar-refractivity contribution in [3.63, 3.8) is 0 Å². The Morgan fingerprint density at radius 3 is 2.65 bits per heavy atom. The van der Waals surface area contributed by atoms with Crippen LogP contribution in [-0.4, -0.2) is 27.9 Å². The molecule has 0 bridgehead atoms. The Morgan fingerprint density at radius 2 is 1.84 bits per heavy atom. The molecule has 1 aromatic heterocycles. The summed E-state index contributed by atoms with van der Waals surface area (Å²) in [7, 11) is 0. The number of fused-ring (bicyclic) bond motifs is 1. The zero-order valence-electron chi connectivity index (χ0n) is 16.9. The minimum absolute atomic E-state index is 0.179. The van der Waals surface area contributed by atoms with Gasteiger partial charge in [-0.05, 0) is 55.5 Å². The molecule has 0 radical (unpaired) electrons. The number of benzene rings is 2. The van der Waals surface area contributed by atoms with Gasteiger partial charge in [0, 0.05) is 23.1 Å². The van der Waals surface area contributed by atoms with E-state index in [-0.39, 0.29) is 5.78 Å². The van der Waals surface area contributed by atoms with E-state index in [0.29, 0.717) is 29.3 Å². The Kier molecular flexibility index (Phi) is 4.43. The molecule has 5 rings (SSSR count). The fourth-order valence-corrected chi connectivity index (χ4v) is 4.12. The van der Waals surface area contributed by atoms with Gasteiger partial charge < -0.3 is 9.84 Å². The van der Waals surface area contributed by atoms with Gasteiger partial charge in [-0.3, -0.25) is 14.9 Å². The van der Waals surface area contributed by atoms with Crippen molar-refractivity contribution in [2.45, 2.75) is 38.1 Å². The number of imide groups is 1. The summed E-state index contributed by atoms with van der Waals surface area (Å²) in [5.74, 6) is 0.496. The second kappa shape index (κ2) is 7.16. The van der Waals surface area contributed by atoms with Crippen molar-refractivity contribution in [3.05, 3.63) is 59.2 Å². The summed E-state index contributed by atoms with van der Waals surface area (Å²) in [4.78, 5) is 40.6. The van der Waals surface area contributed by atoms with E-state index in [9.17, 15) is 14.4 Å². The van der Waals surface area contributed by atoms with Gasteiger partial charge >= 0.3 is 6.03 Å². The first-order valence-electron chi connectivity index (χ1n) is 10.2. The van der Waals surface area contributed by atoms with Gasteiger partial charge in [0.1, 0.15) is 5.54 Å². The van der Waals surface area contributed by atoms with Gasteiger partial charge in [0.15, 0.2) is 5.78 Å². The number of Topliss-reactive ketones (excluding diaryl/α,β-unsaturated/α-hetero) is 1. The Bertz CT molecular complexity index is 1230. The van der Waals surface area contributed by atoms with Gasteiger partial charge in [-0.2, -0.15) is 4.98 Å². The summed E-state index contributed by atoms with van der Waals surface area (Å²) >= 11 is 0. The number of urea groups is 1. The Balaban J connectivity index is 1.47. The Labute approximate surface area is 178 Å². The van der Waals surface area contributed by atoms with E-state index >= 15 is 0 Å². The van der Waals surface area contributed by atoms with Crippen molar-refractivity contribution < 1.29 is 18.9 Å². The van der Waals surface area contributed by atoms with E-state index in [1.807, 2.05) is 24.3 Å². The van der Waals surface area contributed by atoms with Crippen molar-refractivity contribution in [1.29, 1.82) is 0 Å². The molecule has 8 heteroatoms. The fraction of sp³-hybridized carbons (Fsp3) is 0.261. The van der Waals surface area contributed by atoms with E-state index in [1.165, 1.54) is 0 Å². The molecule has 8 nitrogen and oxygen atoms in total. The highest BCUT2D eigenvalue weighted by molar-refractivity contribution is 6.07. The molecule has 1 saturated heterocycles. The molecule has 2 heterocycles. The van der Waals surface area contributed by atoms with Crippen molar-refractivity contribution in [1.82, 2.24) is 20.8 Å². The molecule has 3 aromatic rings. The number of amides is 3. The van der Waals surface area contributed by atoms with Crippen LogP contribution in [0.3, 0.4) is 0 Å². The SMILES string of the molecule is CC1(c2cccc(-c3noc(-c4ccc5c(c4)CCCCC5=O)n3)c2)NC(=O)NC1=O. The maximum Gasteiger partial charge on any atom is 0.322 e. The normalized spacial score (nSPS) is 20.7. The summed E-state index contributed by atoms with van der Waals surface area (Å²) in [5.41, 5.74) is 2.66. The topological polar surface area (TPSA) is 114 Å². The molecule has 0 spiro atoms. The van der Waals surface area contributed by atoms with Crippen LogP contribution in [0.1, 0.15) is 47.7 Å². The molecule has 0 saturated carbocycles. The number of aryl methyl sites for hydroxylation is 1. The first kappa shape index (κ1) is 19.2. The minimum atomic E-state index is -1.16. The average Bonchev–Trinajstić information content (AvgIpc) is 3.30. The number of hydrogen-bond acceptors (Lipinski definition) is 6. The molecule has 2 aromatic carbocycles. The number of aromatic nitrogens is 2. The average molecular weight is 416 g/mol. The lowest BCUT2D eigenvalue weighted by atomic mass is 9.91.